The molecule has 7 rings (SSSR count). The molecule has 3 nitrogen and oxygen atoms in total. The standard InChI is InChI=1S/C37H23Cl2N2O/c38-33-20-29(24-9-3-1-4-10-24)18-31(22-33)35-40-36(28-16-15-26-13-7-8-14-27(26)17-28)42-37(41-35)32-19-30(21-34(39)23-32)25-11-5-2-6-12-25/h1-23H/q+1. The second-order valence-electron chi connectivity index (χ2n) is 10.0. The van der Waals surface area contributed by atoms with Gasteiger partial charge >= 0.3 is 11.8 Å². The third kappa shape index (κ3) is 5.40. The van der Waals surface area contributed by atoms with Gasteiger partial charge in [-0.25, -0.2) is 0 Å². The van der Waals surface area contributed by atoms with Crippen molar-refractivity contribution in [3.05, 3.63) is 150 Å². The van der Waals surface area contributed by atoms with Gasteiger partial charge in [0.1, 0.15) is 11.1 Å². The molecule has 6 aromatic carbocycles. The average Bonchev–Trinajstić information content (AvgIpc) is 3.04. The molecule has 0 aliphatic carbocycles. The molecular weight excluding hydrogens is 559 g/mol. The van der Waals surface area contributed by atoms with E-state index in [4.69, 9.17) is 37.6 Å². The Balaban J connectivity index is 1.43. The van der Waals surface area contributed by atoms with E-state index in [2.05, 4.69) is 54.6 Å². The summed E-state index contributed by atoms with van der Waals surface area (Å²) in [6.45, 7) is 0. The number of nitrogens with zero attached hydrogens (tertiary/aromatic N) is 2. The number of fused-ring (bicyclic) bond motifs is 1. The molecule has 0 N–H and O–H groups in total. The van der Waals surface area contributed by atoms with E-state index in [1.165, 1.54) is 0 Å². The van der Waals surface area contributed by atoms with Crippen molar-refractivity contribution in [1.29, 1.82) is 0 Å². The lowest BCUT2D eigenvalue weighted by Crippen LogP contribution is -1.97. The maximum atomic E-state index is 6.64. The fourth-order valence-corrected chi connectivity index (χ4v) is 5.55. The molecule has 0 radical (unpaired) electrons. The zero-order valence-corrected chi connectivity index (χ0v) is 23.8. The molecular formula is C37H23Cl2N2O+. The van der Waals surface area contributed by atoms with Crippen LogP contribution in [0.4, 0.5) is 0 Å². The quantitative estimate of drug-likeness (QED) is 0.190. The fraction of sp³-hybridized carbons (Fsp3) is 0. The van der Waals surface area contributed by atoms with Crippen LogP contribution in [0.1, 0.15) is 0 Å². The summed E-state index contributed by atoms with van der Waals surface area (Å²) in [5, 5.41) is 3.41. The van der Waals surface area contributed by atoms with Crippen molar-refractivity contribution in [2.75, 3.05) is 0 Å². The highest BCUT2D eigenvalue weighted by Gasteiger charge is 2.26. The largest absolute Gasteiger partial charge is 0.464 e. The average molecular weight is 583 g/mol. The van der Waals surface area contributed by atoms with Crippen molar-refractivity contribution in [3.63, 3.8) is 0 Å². The zero-order valence-electron chi connectivity index (χ0n) is 22.3. The van der Waals surface area contributed by atoms with Gasteiger partial charge in [0.25, 0.3) is 0 Å². The Morgan fingerprint density at radius 3 is 1.52 bits per heavy atom. The van der Waals surface area contributed by atoms with Crippen LogP contribution >= 0.6 is 23.2 Å². The highest BCUT2D eigenvalue weighted by Crippen LogP contribution is 2.35. The molecule has 0 atom stereocenters. The highest BCUT2D eigenvalue weighted by atomic mass is 35.5. The first-order valence-corrected chi connectivity index (χ1v) is 14.3. The first-order chi connectivity index (χ1) is 20.6. The minimum Gasteiger partial charge on any atom is -0.166 e. The molecule has 42 heavy (non-hydrogen) atoms. The zero-order chi connectivity index (χ0) is 28.5. The number of hydrogen-bond acceptors (Lipinski definition) is 2. The normalized spacial score (nSPS) is 11.1. The number of rotatable bonds is 5. The van der Waals surface area contributed by atoms with E-state index in [0.717, 1.165) is 49.7 Å². The predicted molar refractivity (Wildman–Crippen MR) is 173 cm³/mol. The van der Waals surface area contributed by atoms with Crippen molar-refractivity contribution in [3.8, 4) is 56.6 Å². The Morgan fingerprint density at radius 1 is 0.381 bits per heavy atom. The topological polar surface area (TPSA) is 37.1 Å². The monoisotopic (exact) mass is 581 g/mol. The summed E-state index contributed by atoms with van der Waals surface area (Å²) < 4.78 is 6.44. The summed E-state index contributed by atoms with van der Waals surface area (Å²) >= 11 is 13.3. The summed E-state index contributed by atoms with van der Waals surface area (Å²) in [4.78, 5) is 9.83. The van der Waals surface area contributed by atoms with Gasteiger partial charge in [-0.2, -0.15) is 4.42 Å². The Labute approximate surface area is 253 Å². The molecule has 0 bridgehead atoms. The van der Waals surface area contributed by atoms with Crippen LogP contribution in [0.15, 0.2) is 144 Å². The molecule has 0 amide bonds. The number of hydrogen-bond donors (Lipinski definition) is 0. The van der Waals surface area contributed by atoms with Crippen molar-refractivity contribution in [2.24, 2.45) is 0 Å². The van der Waals surface area contributed by atoms with Crippen LogP contribution < -0.4 is 0 Å². The van der Waals surface area contributed by atoms with Crippen molar-refractivity contribution < 1.29 is 4.42 Å². The highest BCUT2D eigenvalue weighted by molar-refractivity contribution is 6.31. The first-order valence-electron chi connectivity index (χ1n) is 13.5. The van der Waals surface area contributed by atoms with Gasteiger partial charge in [0.15, 0.2) is 5.82 Å². The minimum atomic E-state index is 0.407. The molecule has 1 aromatic heterocycles. The van der Waals surface area contributed by atoms with Gasteiger partial charge in [-0.1, -0.05) is 114 Å². The Kier molecular flexibility index (Phi) is 6.97. The summed E-state index contributed by atoms with van der Waals surface area (Å²) in [6, 6.07) is 46.3. The lowest BCUT2D eigenvalue weighted by molar-refractivity contribution is 0.540. The van der Waals surface area contributed by atoms with Gasteiger partial charge in [0.2, 0.25) is 0 Å². The van der Waals surface area contributed by atoms with E-state index in [9.17, 15) is 0 Å². The van der Waals surface area contributed by atoms with E-state index in [1.807, 2.05) is 84.9 Å². The van der Waals surface area contributed by atoms with E-state index < -0.39 is 0 Å². The molecule has 0 saturated heterocycles. The van der Waals surface area contributed by atoms with Crippen LogP contribution in [0.25, 0.3) is 67.3 Å². The number of halogens is 2. The van der Waals surface area contributed by atoms with Gasteiger partial charge < -0.3 is 0 Å². The Bertz CT molecular complexity index is 1950. The van der Waals surface area contributed by atoms with Crippen LogP contribution in [-0.2, 0) is 0 Å². The number of aromatic nitrogens is 2. The predicted octanol–water partition coefficient (Wildman–Crippen LogP) is 11.1. The molecule has 7 aromatic rings. The lowest BCUT2D eigenvalue weighted by Gasteiger charge is -2.07. The van der Waals surface area contributed by atoms with E-state index in [-0.39, 0.29) is 0 Å². The summed E-state index contributed by atoms with van der Waals surface area (Å²) in [6.07, 6.45) is 0. The van der Waals surface area contributed by atoms with E-state index >= 15 is 0 Å². The minimum absolute atomic E-state index is 0.407. The summed E-state index contributed by atoms with van der Waals surface area (Å²) in [5.74, 6) is 1.35. The first kappa shape index (κ1) is 26.1. The molecule has 0 unspecified atom stereocenters. The number of benzene rings is 6. The molecule has 0 saturated carbocycles. The van der Waals surface area contributed by atoms with Crippen LogP contribution in [0.2, 0.25) is 10.0 Å². The summed E-state index contributed by atoms with van der Waals surface area (Å²) in [5.41, 5.74) is 6.42. The fourth-order valence-electron chi connectivity index (χ4n) is 5.08. The molecule has 200 valence electrons. The maximum absolute atomic E-state index is 6.64. The molecule has 1 heterocycles. The van der Waals surface area contributed by atoms with Gasteiger partial charge in [0, 0.05) is 15.6 Å². The molecule has 0 spiro atoms. The van der Waals surface area contributed by atoms with Gasteiger partial charge in [-0.15, -0.1) is 9.97 Å². The second-order valence-corrected chi connectivity index (χ2v) is 10.9. The molecule has 5 heteroatoms. The van der Waals surface area contributed by atoms with Crippen LogP contribution in [-0.4, -0.2) is 9.97 Å². The van der Waals surface area contributed by atoms with Crippen molar-refractivity contribution in [1.82, 2.24) is 9.97 Å². The van der Waals surface area contributed by atoms with Gasteiger partial charge in [-0.3, -0.25) is 0 Å². The van der Waals surface area contributed by atoms with Gasteiger partial charge in [-0.05, 0) is 81.6 Å². The van der Waals surface area contributed by atoms with Crippen LogP contribution in [0.5, 0.6) is 0 Å². The smallest absolute Gasteiger partial charge is 0.166 e. The molecule has 0 aliphatic heterocycles. The van der Waals surface area contributed by atoms with Crippen LogP contribution in [0.3, 0.4) is 0 Å². The SMILES string of the molecule is Clc1cc(-c2ccccc2)cc(-c2nc(-c3cc(Cl)cc(-c4ccccc4)c3)[o+]c(-c3ccc4ccccc4c3)n2)c1. The third-order valence-electron chi connectivity index (χ3n) is 7.12. The van der Waals surface area contributed by atoms with E-state index in [1.54, 1.807) is 0 Å². The second kappa shape index (κ2) is 11.2. The van der Waals surface area contributed by atoms with E-state index in [0.29, 0.717) is 27.7 Å². The Morgan fingerprint density at radius 2 is 0.881 bits per heavy atom. The lowest BCUT2D eigenvalue weighted by atomic mass is 10.0. The maximum Gasteiger partial charge on any atom is 0.464 e. The summed E-state index contributed by atoms with van der Waals surface area (Å²) in [7, 11) is 0. The third-order valence-corrected chi connectivity index (χ3v) is 7.56. The van der Waals surface area contributed by atoms with Crippen LogP contribution in [0, 0.1) is 0 Å². The Hall–Kier alpha value is -4.83. The van der Waals surface area contributed by atoms with Crippen molar-refractivity contribution >= 4 is 34.0 Å². The molecule has 0 fully saturated rings. The van der Waals surface area contributed by atoms with Crippen molar-refractivity contribution in [2.45, 2.75) is 0 Å². The van der Waals surface area contributed by atoms with Gasteiger partial charge in [0.05, 0.1) is 0 Å². The molecule has 0 aliphatic rings.